The third-order valence-electron chi connectivity index (χ3n) is 3.84. The van der Waals surface area contributed by atoms with E-state index in [1.807, 2.05) is 19.1 Å². The number of unbranched alkanes of at least 4 members (excludes halogenated alkanes) is 1. The van der Waals surface area contributed by atoms with Crippen LogP contribution in [0.2, 0.25) is 0 Å². The maximum Gasteiger partial charge on any atom is 0.243 e. The molecule has 0 radical (unpaired) electrons. The highest BCUT2D eigenvalue weighted by Crippen LogP contribution is 2.11. The smallest absolute Gasteiger partial charge is 0.243 e. The normalized spacial score (nSPS) is 11.6. The maximum atomic E-state index is 4.58. The lowest BCUT2D eigenvalue weighted by Gasteiger charge is -2.08. The van der Waals surface area contributed by atoms with Crippen LogP contribution >= 0.6 is 0 Å². The second-order valence-electron chi connectivity index (χ2n) is 5.76. The Morgan fingerprint density at radius 2 is 1.87 bits per heavy atom. The molecule has 4 nitrogen and oxygen atoms in total. The topological polar surface area (TPSA) is 50.2 Å². The second kappa shape index (κ2) is 8.42. The molecule has 0 unspecified atom stereocenters. The number of nitrogens with one attached hydrogen (secondary N) is 1. The number of aromatic nitrogens is 2. The van der Waals surface area contributed by atoms with Gasteiger partial charge in [0.05, 0.1) is 5.71 Å². The van der Waals surface area contributed by atoms with E-state index >= 15 is 0 Å². The Kier molecular flexibility index (Phi) is 6.27. The van der Waals surface area contributed by atoms with Gasteiger partial charge in [-0.1, -0.05) is 44.5 Å². The van der Waals surface area contributed by atoms with Crippen molar-refractivity contribution in [3.63, 3.8) is 0 Å². The van der Waals surface area contributed by atoms with Crippen LogP contribution in [0.4, 0.5) is 5.95 Å². The standard InChI is InChI=1S/C19H26N4/c1-5-7-11-17-13-16(6-2)20-19(21-17)23-22-15(4)18-12-9-8-10-14(18)3/h8-10,12-13H,5-7,11H2,1-4H3,(H,20,21,23). The Bertz CT molecular complexity index is 677. The molecule has 2 rings (SSSR count). The molecule has 0 bridgehead atoms. The molecule has 0 saturated heterocycles. The van der Waals surface area contributed by atoms with Crippen LogP contribution in [0.3, 0.4) is 0 Å². The van der Waals surface area contributed by atoms with Gasteiger partial charge >= 0.3 is 0 Å². The average Bonchev–Trinajstić information content (AvgIpc) is 2.58. The van der Waals surface area contributed by atoms with E-state index in [-0.39, 0.29) is 0 Å². The first-order chi connectivity index (χ1) is 11.1. The minimum Gasteiger partial charge on any atom is -0.245 e. The zero-order valence-electron chi connectivity index (χ0n) is 14.6. The van der Waals surface area contributed by atoms with E-state index in [1.165, 1.54) is 12.0 Å². The number of hydrogen-bond donors (Lipinski definition) is 1. The molecule has 0 fully saturated rings. The van der Waals surface area contributed by atoms with E-state index in [0.29, 0.717) is 5.95 Å². The molecular weight excluding hydrogens is 284 g/mol. The van der Waals surface area contributed by atoms with E-state index in [0.717, 1.165) is 41.9 Å². The molecule has 122 valence electrons. The average molecular weight is 310 g/mol. The van der Waals surface area contributed by atoms with Crippen molar-refractivity contribution in [3.8, 4) is 0 Å². The summed E-state index contributed by atoms with van der Waals surface area (Å²) < 4.78 is 0. The zero-order valence-corrected chi connectivity index (χ0v) is 14.6. The Balaban J connectivity index is 2.18. The van der Waals surface area contributed by atoms with Gasteiger partial charge in [0.15, 0.2) is 0 Å². The quantitative estimate of drug-likeness (QED) is 0.604. The molecule has 23 heavy (non-hydrogen) atoms. The predicted molar refractivity (Wildman–Crippen MR) is 97.0 cm³/mol. The molecule has 0 amide bonds. The third-order valence-corrected chi connectivity index (χ3v) is 3.84. The highest BCUT2D eigenvalue weighted by atomic mass is 15.4. The van der Waals surface area contributed by atoms with Crippen molar-refractivity contribution in [1.29, 1.82) is 0 Å². The van der Waals surface area contributed by atoms with Crippen molar-refractivity contribution in [2.75, 3.05) is 5.43 Å². The largest absolute Gasteiger partial charge is 0.245 e. The summed E-state index contributed by atoms with van der Waals surface area (Å²) >= 11 is 0. The molecule has 0 aliphatic carbocycles. The van der Waals surface area contributed by atoms with Crippen LogP contribution < -0.4 is 5.43 Å². The van der Waals surface area contributed by atoms with Crippen molar-refractivity contribution in [2.45, 2.75) is 53.4 Å². The van der Waals surface area contributed by atoms with Gasteiger partial charge in [0, 0.05) is 17.0 Å². The molecule has 1 aromatic heterocycles. The fourth-order valence-electron chi connectivity index (χ4n) is 2.44. The maximum absolute atomic E-state index is 4.58. The Morgan fingerprint density at radius 1 is 1.13 bits per heavy atom. The minimum absolute atomic E-state index is 0.586. The molecular formula is C19H26N4. The first-order valence-corrected chi connectivity index (χ1v) is 8.37. The Hall–Kier alpha value is -2.23. The summed E-state index contributed by atoms with van der Waals surface area (Å²) in [6.45, 7) is 8.39. The van der Waals surface area contributed by atoms with E-state index in [2.05, 4.69) is 59.5 Å². The van der Waals surface area contributed by atoms with E-state index < -0.39 is 0 Å². The summed E-state index contributed by atoms with van der Waals surface area (Å²) in [7, 11) is 0. The van der Waals surface area contributed by atoms with Crippen LogP contribution in [0.25, 0.3) is 0 Å². The second-order valence-corrected chi connectivity index (χ2v) is 5.76. The fourth-order valence-corrected chi connectivity index (χ4v) is 2.44. The number of rotatable bonds is 7. The van der Waals surface area contributed by atoms with E-state index in [9.17, 15) is 0 Å². The van der Waals surface area contributed by atoms with Crippen LogP contribution in [-0.4, -0.2) is 15.7 Å². The summed E-state index contributed by atoms with van der Waals surface area (Å²) in [6.07, 6.45) is 4.20. The third kappa shape index (κ3) is 4.88. The molecule has 1 heterocycles. The first kappa shape index (κ1) is 17.1. The Labute approximate surface area is 139 Å². The van der Waals surface area contributed by atoms with Gasteiger partial charge in [-0.2, -0.15) is 5.10 Å². The number of benzene rings is 1. The number of anilines is 1. The van der Waals surface area contributed by atoms with Crippen LogP contribution in [0, 0.1) is 6.92 Å². The number of aryl methyl sites for hydroxylation is 3. The van der Waals surface area contributed by atoms with Crippen molar-refractivity contribution in [3.05, 3.63) is 52.8 Å². The summed E-state index contributed by atoms with van der Waals surface area (Å²) in [6, 6.07) is 10.3. The summed E-state index contributed by atoms with van der Waals surface area (Å²) in [5.74, 6) is 0.586. The van der Waals surface area contributed by atoms with E-state index in [4.69, 9.17) is 0 Å². The van der Waals surface area contributed by atoms with Gasteiger partial charge in [-0.05, 0) is 44.7 Å². The predicted octanol–water partition coefficient (Wildman–Crippen LogP) is 4.53. The van der Waals surface area contributed by atoms with Crippen LogP contribution in [0.5, 0.6) is 0 Å². The van der Waals surface area contributed by atoms with Gasteiger partial charge in [0.25, 0.3) is 0 Å². The van der Waals surface area contributed by atoms with Gasteiger partial charge in [-0.25, -0.2) is 15.4 Å². The van der Waals surface area contributed by atoms with Crippen molar-refractivity contribution >= 4 is 11.7 Å². The summed E-state index contributed by atoms with van der Waals surface area (Å²) in [5.41, 5.74) is 8.45. The minimum atomic E-state index is 0.586. The number of nitrogens with zero attached hydrogens (tertiary/aromatic N) is 3. The molecule has 0 spiro atoms. The zero-order chi connectivity index (χ0) is 16.7. The lowest BCUT2D eigenvalue weighted by Crippen LogP contribution is -2.06. The van der Waals surface area contributed by atoms with Gasteiger partial charge in [0.1, 0.15) is 0 Å². The SMILES string of the molecule is CCCCc1cc(CC)nc(NN=C(C)c2ccccc2C)n1. The van der Waals surface area contributed by atoms with Crippen LogP contribution in [-0.2, 0) is 12.8 Å². The molecule has 1 aromatic carbocycles. The Morgan fingerprint density at radius 3 is 2.57 bits per heavy atom. The van der Waals surface area contributed by atoms with Gasteiger partial charge in [-0.3, -0.25) is 0 Å². The summed E-state index contributed by atoms with van der Waals surface area (Å²) in [5, 5.41) is 4.46. The summed E-state index contributed by atoms with van der Waals surface area (Å²) in [4.78, 5) is 9.10. The van der Waals surface area contributed by atoms with Gasteiger partial charge < -0.3 is 0 Å². The van der Waals surface area contributed by atoms with Crippen LogP contribution in [0.1, 0.15) is 56.1 Å². The highest BCUT2D eigenvalue weighted by Gasteiger charge is 2.05. The molecule has 2 aromatic rings. The lowest BCUT2D eigenvalue weighted by molar-refractivity contribution is 0.769. The first-order valence-electron chi connectivity index (χ1n) is 8.37. The van der Waals surface area contributed by atoms with Gasteiger partial charge in [0.2, 0.25) is 5.95 Å². The van der Waals surface area contributed by atoms with Crippen molar-refractivity contribution in [2.24, 2.45) is 5.10 Å². The van der Waals surface area contributed by atoms with Crippen molar-refractivity contribution in [1.82, 2.24) is 9.97 Å². The highest BCUT2D eigenvalue weighted by molar-refractivity contribution is 6.00. The molecule has 0 atom stereocenters. The molecule has 0 aliphatic heterocycles. The monoisotopic (exact) mass is 310 g/mol. The van der Waals surface area contributed by atoms with Crippen LogP contribution in [0.15, 0.2) is 35.4 Å². The molecule has 0 saturated carbocycles. The fraction of sp³-hybridized carbons (Fsp3) is 0.421. The number of hydrogen-bond acceptors (Lipinski definition) is 4. The van der Waals surface area contributed by atoms with E-state index in [1.54, 1.807) is 0 Å². The van der Waals surface area contributed by atoms with Crippen molar-refractivity contribution < 1.29 is 0 Å². The molecule has 1 N–H and O–H groups in total. The molecule has 0 aliphatic rings. The lowest BCUT2D eigenvalue weighted by atomic mass is 10.1. The van der Waals surface area contributed by atoms with Gasteiger partial charge in [-0.15, -0.1) is 0 Å². The number of hydrazone groups is 1. The molecule has 4 heteroatoms.